The molecule has 0 aliphatic carbocycles. The lowest BCUT2D eigenvalue weighted by molar-refractivity contribution is -0.122. The normalized spacial score (nSPS) is 16.7. The van der Waals surface area contributed by atoms with Crippen LogP contribution in [0.4, 0.5) is 11.4 Å². The fourth-order valence-corrected chi connectivity index (χ4v) is 3.31. The summed E-state index contributed by atoms with van der Waals surface area (Å²) in [6, 6.07) is 9.34. The Balaban J connectivity index is 1.72. The molecule has 3 rings (SSSR count). The van der Waals surface area contributed by atoms with Gasteiger partial charge in [-0.1, -0.05) is 6.07 Å². The van der Waals surface area contributed by atoms with E-state index in [-0.39, 0.29) is 18.2 Å². The van der Waals surface area contributed by atoms with Crippen molar-refractivity contribution in [1.29, 1.82) is 0 Å². The van der Waals surface area contributed by atoms with Gasteiger partial charge in [0.25, 0.3) is 0 Å². The lowest BCUT2D eigenvalue weighted by Crippen LogP contribution is -2.28. The molecule has 0 saturated carbocycles. The summed E-state index contributed by atoms with van der Waals surface area (Å²) >= 11 is 1.54. The highest BCUT2D eigenvalue weighted by molar-refractivity contribution is 7.98. The molecule has 0 radical (unpaired) electrons. The Morgan fingerprint density at radius 3 is 2.81 bits per heavy atom. The first kappa shape index (κ1) is 18.3. The molecular weight excluding hydrogens is 350 g/mol. The zero-order valence-corrected chi connectivity index (χ0v) is 15.8. The molecule has 136 valence electrons. The minimum Gasteiger partial charge on any atom is -0.495 e. The number of rotatable bonds is 5. The summed E-state index contributed by atoms with van der Waals surface area (Å²) in [6.45, 7) is 2.29. The summed E-state index contributed by atoms with van der Waals surface area (Å²) in [5.41, 5.74) is 2.37. The predicted octanol–water partition coefficient (Wildman–Crippen LogP) is 3.11. The lowest BCUT2D eigenvalue weighted by Gasteiger charge is -2.20. The van der Waals surface area contributed by atoms with Crippen molar-refractivity contribution in [2.75, 3.05) is 30.1 Å². The number of carbonyl (C=O) groups is 2. The minimum atomic E-state index is -0.409. The van der Waals surface area contributed by atoms with Crippen molar-refractivity contribution in [3.05, 3.63) is 42.1 Å². The van der Waals surface area contributed by atoms with Gasteiger partial charge in [-0.15, -0.1) is 11.8 Å². The predicted molar refractivity (Wildman–Crippen MR) is 103 cm³/mol. The summed E-state index contributed by atoms with van der Waals surface area (Å²) in [5.74, 6) is -0.0362. The van der Waals surface area contributed by atoms with Gasteiger partial charge in [0, 0.05) is 13.0 Å². The van der Waals surface area contributed by atoms with Gasteiger partial charge in [0.05, 0.1) is 35.6 Å². The molecule has 1 aromatic carbocycles. The van der Waals surface area contributed by atoms with Crippen LogP contribution in [0.2, 0.25) is 0 Å². The van der Waals surface area contributed by atoms with Crippen LogP contribution in [0.15, 0.2) is 41.6 Å². The number of pyridine rings is 1. The summed E-state index contributed by atoms with van der Waals surface area (Å²) in [7, 11) is 1.57. The zero-order valence-electron chi connectivity index (χ0n) is 15.0. The molecule has 1 atom stereocenters. The van der Waals surface area contributed by atoms with Crippen molar-refractivity contribution >= 4 is 35.0 Å². The molecule has 0 spiro atoms. The van der Waals surface area contributed by atoms with Crippen molar-refractivity contribution in [1.82, 2.24) is 4.98 Å². The Hall–Kier alpha value is -2.54. The third kappa shape index (κ3) is 3.83. The molecule has 0 bridgehead atoms. The van der Waals surface area contributed by atoms with E-state index in [0.29, 0.717) is 23.7 Å². The van der Waals surface area contributed by atoms with Crippen molar-refractivity contribution in [3.63, 3.8) is 0 Å². The number of nitrogens with zero attached hydrogens (tertiary/aromatic N) is 2. The van der Waals surface area contributed by atoms with Gasteiger partial charge in [0.2, 0.25) is 11.8 Å². The summed E-state index contributed by atoms with van der Waals surface area (Å²) < 4.78 is 5.37. The standard InChI is InChI=1S/C19H21N3O3S/c1-12-4-6-16(25-2)15(8-12)22-11-13(9-18(22)23)19(24)21-14-5-7-17(26-3)20-10-14/h4-8,10,13H,9,11H2,1-3H3,(H,21,24). The molecule has 1 unspecified atom stereocenters. The summed E-state index contributed by atoms with van der Waals surface area (Å²) in [5, 5.41) is 3.73. The van der Waals surface area contributed by atoms with Crippen LogP contribution in [0.3, 0.4) is 0 Å². The smallest absolute Gasteiger partial charge is 0.229 e. The maximum absolute atomic E-state index is 12.6. The molecule has 1 N–H and O–H groups in total. The van der Waals surface area contributed by atoms with E-state index in [4.69, 9.17) is 4.74 Å². The second-order valence-corrected chi connectivity index (χ2v) is 6.99. The number of hydrogen-bond acceptors (Lipinski definition) is 5. The lowest BCUT2D eigenvalue weighted by atomic mass is 10.1. The van der Waals surface area contributed by atoms with Crippen LogP contribution in [-0.4, -0.2) is 36.7 Å². The highest BCUT2D eigenvalue weighted by Gasteiger charge is 2.36. The number of aryl methyl sites for hydroxylation is 1. The highest BCUT2D eigenvalue weighted by Crippen LogP contribution is 2.34. The van der Waals surface area contributed by atoms with Gasteiger partial charge in [-0.25, -0.2) is 4.98 Å². The zero-order chi connectivity index (χ0) is 18.7. The number of thioether (sulfide) groups is 1. The average molecular weight is 371 g/mol. The topological polar surface area (TPSA) is 71.5 Å². The second-order valence-electron chi connectivity index (χ2n) is 6.16. The van der Waals surface area contributed by atoms with Gasteiger partial charge in [0.1, 0.15) is 5.75 Å². The average Bonchev–Trinajstić information content (AvgIpc) is 3.04. The van der Waals surface area contributed by atoms with E-state index >= 15 is 0 Å². The number of anilines is 2. The number of amides is 2. The Morgan fingerprint density at radius 2 is 2.15 bits per heavy atom. The first-order valence-corrected chi connectivity index (χ1v) is 9.50. The largest absolute Gasteiger partial charge is 0.495 e. The monoisotopic (exact) mass is 371 g/mol. The SMILES string of the molecule is COc1ccc(C)cc1N1CC(C(=O)Nc2ccc(SC)nc2)CC1=O. The van der Waals surface area contributed by atoms with Crippen LogP contribution in [0.1, 0.15) is 12.0 Å². The molecule has 1 aliphatic rings. The number of nitrogens with one attached hydrogen (secondary N) is 1. The van der Waals surface area contributed by atoms with E-state index in [0.717, 1.165) is 10.6 Å². The van der Waals surface area contributed by atoms with Crippen LogP contribution in [0.25, 0.3) is 0 Å². The molecule has 1 fully saturated rings. The van der Waals surface area contributed by atoms with E-state index in [2.05, 4.69) is 10.3 Å². The highest BCUT2D eigenvalue weighted by atomic mass is 32.2. The van der Waals surface area contributed by atoms with Gasteiger partial charge >= 0.3 is 0 Å². The van der Waals surface area contributed by atoms with Crippen LogP contribution >= 0.6 is 11.8 Å². The maximum atomic E-state index is 12.6. The van der Waals surface area contributed by atoms with Crippen LogP contribution in [0.5, 0.6) is 5.75 Å². The van der Waals surface area contributed by atoms with E-state index in [1.165, 1.54) is 11.8 Å². The molecule has 2 amide bonds. The fraction of sp³-hybridized carbons (Fsp3) is 0.316. The van der Waals surface area contributed by atoms with Gasteiger partial charge in [-0.05, 0) is 43.0 Å². The Labute approximate surface area is 156 Å². The summed E-state index contributed by atoms with van der Waals surface area (Å²) in [4.78, 5) is 30.9. The molecule has 1 aromatic heterocycles. The minimum absolute atomic E-state index is 0.0788. The molecule has 7 heteroatoms. The van der Waals surface area contributed by atoms with Crippen LogP contribution < -0.4 is 15.0 Å². The molecule has 2 heterocycles. The Bertz CT molecular complexity index is 823. The quantitative estimate of drug-likeness (QED) is 0.818. The molecule has 26 heavy (non-hydrogen) atoms. The van der Waals surface area contributed by atoms with Gasteiger partial charge in [0.15, 0.2) is 0 Å². The Kier molecular flexibility index (Phi) is 5.46. The molecule has 2 aromatic rings. The van der Waals surface area contributed by atoms with Crippen molar-refractivity contribution in [2.24, 2.45) is 5.92 Å². The fourth-order valence-electron chi connectivity index (χ4n) is 2.95. The molecule has 1 saturated heterocycles. The number of hydrogen-bond donors (Lipinski definition) is 1. The van der Waals surface area contributed by atoms with Gasteiger partial charge < -0.3 is 15.0 Å². The molecule has 1 aliphatic heterocycles. The summed E-state index contributed by atoms with van der Waals surface area (Å²) in [6.07, 6.45) is 3.75. The van der Waals surface area contributed by atoms with Crippen molar-refractivity contribution < 1.29 is 14.3 Å². The number of aromatic nitrogens is 1. The maximum Gasteiger partial charge on any atom is 0.229 e. The second kappa shape index (κ2) is 7.78. The van der Waals surface area contributed by atoms with E-state index in [1.807, 2.05) is 43.5 Å². The van der Waals surface area contributed by atoms with E-state index in [1.54, 1.807) is 18.2 Å². The van der Waals surface area contributed by atoms with Crippen molar-refractivity contribution in [2.45, 2.75) is 18.4 Å². The first-order chi connectivity index (χ1) is 12.5. The third-order valence-corrected chi connectivity index (χ3v) is 4.99. The van der Waals surface area contributed by atoms with Crippen LogP contribution in [-0.2, 0) is 9.59 Å². The first-order valence-electron chi connectivity index (χ1n) is 8.27. The van der Waals surface area contributed by atoms with E-state index < -0.39 is 5.92 Å². The van der Waals surface area contributed by atoms with Crippen molar-refractivity contribution in [3.8, 4) is 5.75 Å². The van der Waals surface area contributed by atoms with Crippen LogP contribution in [0, 0.1) is 12.8 Å². The Morgan fingerprint density at radius 1 is 1.35 bits per heavy atom. The molecule has 6 nitrogen and oxygen atoms in total. The molecular formula is C19H21N3O3S. The van der Waals surface area contributed by atoms with Gasteiger partial charge in [-0.3, -0.25) is 9.59 Å². The number of methoxy groups -OCH3 is 1. The third-order valence-electron chi connectivity index (χ3n) is 4.33. The van der Waals surface area contributed by atoms with Gasteiger partial charge in [-0.2, -0.15) is 0 Å². The number of ether oxygens (including phenoxy) is 1. The number of benzene rings is 1. The number of carbonyl (C=O) groups excluding carboxylic acids is 2. The van der Waals surface area contributed by atoms with E-state index in [9.17, 15) is 9.59 Å².